The van der Waals surface area contributed by atoms with Crippen LogP contribution in [0.2, 0.25) is 0 Å². The van der Waals surface area contributed by atoms with Crippen molar-refractivity contribution in [3.63, 3.8) is 0 Å². The molecule has 1 spiro atoms. The highest BCUT2D eigenvalue weighted by molar-refractivity contribution is 5.82. The summed E-state index contributed by atoms with van der Waals surface area (Å²) < 4.78 is 0. The molecule has 124 valence electrons. The molecule has 4 rings (SSSR count). The fourth-order valence-corrected chi connectivity index (χ4v) is 4.85. The first-order valence-corrected chi connectivity index (χ1v) is 9.35. The molecule has 1 aliphatic carbocycles. The number of benzene rings is 1. The Hall–Kier alpha value is -1.35. The molecule has 1 amide bonds. The molecular formula is C20H28N2O. The maximum Gasteiger partial charge on any atom is 0.240 e. The number of carbonyl (C=O) groups excluding carboxylic acids is 1. The van der Waals surface area contributed by atoms with Crippen LogP contribution in [-0.4, -0.2) is 29.9 Å². The van der Waals surface area contributed by atoms with Crippen LogP contribution in [-0.2, 0) is 17.8 Å². The molecule has 0 aromatic heterocycles. The number of nitrogens with one attached hydrogen (secondary N) is 1. The van der Waals surface area contributed by atoms with Gasteiger partial charge in [0.2, 0.25) is 5.91 Å². The molecular weight excluding hydrogens is 284 g/mol. The van der Waals surface area contributed by atoms with Crippen molar-refractivity contribution in [3.8, 4) is 0 Å². The van der Waals surface area contributed by atoms with Gasteiger partial charge in [0, 0.05) is 19.6 Å². The smallest absolute Gasteiger partial charge is 0.240 e. The van der Waals surface area contributed by atoms with E-state index in [0.717, 1.165) is 26.1 Å². The second-order valence-electron chi connectivity index (χ2n) is 7.79. The number of nitrogens with zero attached hydrogens (tertiary/aromatic N) is 1. The summed E-state index contributed by atoms with van der Waals surface area (Å²) in [5, 5.41) is 3.45. The Morgan fingerprint density at radius 3 is 2.43 bits per heavy atom. The molecule has 3 nitrogen and oxygen atoms in total. The summed E-state index contributed by atoms with van der Waals surface area (Å²) in [6.45, 7) is 2.77. The van der Waals surface area contributed by atoms with E-state index in [1.165, 1.54) is 56.1 Å². The van der Waals surface area contributed by atoms with E-state index in [2.05, 4.69) is 34.5 Å². The molecule has 1 saturated heterocycles. The first kappa shape index (κ1) is 15.2. The van der Waals surface area contributed by atoms with Gasteiger partial charge in [-0.2, -0.15) is 0 Å². The van der Waals surface area contributed by atoms with Gasteiger partial charge in [0.1, 0.15) is 0 Å². The maximum atomic E-state index is 12.9. The van der Waals surface area contributed by atoms with Gasteiger partial charge in [0.05, 0.1) is 6.04 Å². The highest BCUT2D eigenvalue weighted by atomic mass is 16.2. The molecule has 0 radical (unpaired) electrons. The lowest BCUT2D eigenvalue weighted by Crippen LogP contribution is -2.53. The highest BCUT2D eigenvalue weighted by Gasteiger charge is 2.38. The van der Waals surface area contributed by atoms with Crippen molar-refractivity contribution in [1.29, 1.82) is 0 Å². The van der Waals surface area contributed by atoms with E-state index in [0.29, 0.717) is 11.3 Å². The third-order valence-electron chi connectivity index (χ3n) is 6.43. The SMILES string of the molecule is O=C(C1Cc2ccccc2CN1)N1CCC2(CCCCC2)CC1. The Balaban J connectivity index is 1.37. The average molecular weight is 312 g/mol. The Morgan fingerprint density at radius 2 is 1.70 bits per heavy atom. The van der Waals surface area contributed by atoms with Crippen molar-refractivity contribution in [3.05, 3.63) is 35.4 Å². The summed E-state index contributed by atoms with van der Waals surface area (Å²) in [5.41, 5.74) is 3.25. The van der Waals surface area contributed by atoms with Crippen LogP contribution in [0.3, 0.4) is 0 Å². The van der Waals surface area contributed by atoms with Gasteiger partial charge in [0.15, 0.2) is 0 Å². The summed E-state index contributed by atoms with van der Waals surface area (Å²) in [6.07, 6.45) is 10.3. The monoisotopic (exact) mass is 312 g/mol. The normalized spacial score (nSPS) is 26.8. The number of rotatable bonds is 1. The van der Waals surface area contributed by atoms with Gasteiger partial charge in [-0.15, -0.1) is 0 Å². The zero-order valence-corrected chi connectivity index (χ0v) is 14.0. The van der Waals surface area contributed by atoms with E-state index < -0.39 is 0 Å². The highest BCUT2D eigenvalue weighted by Crippen LogP contribution is 2.44. The van der Waals surface area contributed by atoms with Crippen LogP contribution in [0, 0.1) is 5.41 Å². The topological polar surface area (TPSA) is 32.3 Å². The predicted molar refractivity (Wildman–Crippen MR) is 92.1 cm³/mol. The van der Waals surface area contributed by atoms with Gasteiger partial charge in [0.25, 0.3) is 0 Å². The molecule has 1 unspecified atom stereocenters. The third-order valence-corrected chi connectivity index (χ3v) is 6.43. The van der Waals surface area contributed by atoms with E-state index in [-0.39, 0.29) is 6.04 Å². The lowest BCUT2D eigenvalue weighted by Gasteiger charge is -2.45. The summed E-state index contributed by atoms with van der Waals surface area (Å²) in [5.74, 6) is 0.324. The second-order valence-corrected chi connectivity index (χ2v) is 7.79. The van der Waals surface area contributed by atoms with Crippen molar-refractivity contribution < 1.29 is 4.79 Å². The van der Waals surface area contributed by atoms with E-state index in [4.69, 9.17) is 0 Å². The molecule has 0 bridgehead atoms. The first-order chi connectivity index (χ1) is 11.3. The number of carbonyl (C=O) groups is 1. The largest absolute Gasteiger partial charge is 0.341 e. The molecule has 23 heavy (non-hydrogen) atoms. The van der Waals surface area contributed by atoms with Crippen molar-refractivity contribution in [1.82, 2.24) is 10.2 Å². The molecule has 1 atom stereocenters. The van der Waals surface area contributed by atoms with Crippen LogP contribution in [0.4, 0.5) is 0 Å². The third kappa shape index (κ3) is 3.03. The number of piperidine rings is 1. The van der Waals surface area contributed by atoms with Gasteiger partial charge in [-0.25, -0.2) is 0 Å². The van der Waals surface area contributed by atoms with Crippen LogP contribution >= 0.6 is 0 Å². The zero-order valence-electron chi connectivity index (χ0n) is 14.0. The van der Waals surface area contributed by atoms with E-state index in [1.54, 1.807) is 0 Å². The van der Waals surface area contributed by atoms with Crippen LogP contribution in [0.1, 0.15) is 56.1 Å². The Morgan fingerprint density at radius 1 is 1.00 bits per heavy atom. The second kappa shape index (κ2) is 6.27. The zero-order chi connectivity index (χ0) is 15.7. The van der Waals surface area contributed by atoms with E-state index >= 15 is 0 Å². The van der Waals surface area contributed by atoms with Gasteiger partial charge >= 0.3 is 0 Å². The van der Waals surface area contributed by atoms with Crippen molar-refractivity contribution in [2.45, 2.75) is 64.0 Å². The number of hydrogen-bond acceptors (Lipinski definition) is 2. The fourth-order valence-electron chi connectivity index (χ4n) is 4.85. The lowest BCUT2D eigenvalue weighted by molar-refractivity contribution is -0.136. The quantitative estimate of drug-likeness (QED) is 0.863. The molecule has 2 heterocycles. The van der Waals surface area contributed by atoms with Gasteiger partial charge in [-0.05, 0) is 48.6 Å². The summed E-state index contributed by atoms with van der Waals surface area (Å²) >= 11 is 0. The minimum atomic E-state index is -0.0229. The Labute approximate surface area is 139 Å². The summed E-state index contributed by atoms with van der Waals surface area (Å²) in [7, 11) is 0. The molecule has 2 aliphatic heterocycles. The van der Waals surface area contributed by atoms with Gasteiger partial charge in [-0.1, -0.05) is 43.5 Å². The van der Waals surface area contributed by atoms with E-state index in [1.807, 2.05) is 0 Å². The van der Waals surface area contributed by atoms with Crippen LogP contribution in [0.15, 0.2) is 24.3 Å². The van der Waals surface area contributed by atoms with Crippen LogP contribution in [0.25, 0.3) is 0 Å². The maximum absolute atomic E-state index is 12.9. The van der Waals surface area contributed by atoms with Crippen LogP contribution < -0.4 is 5.32 Å². The number of hydrogen-bond donors (Lipinski definition) is 1. The van der Waals surface area contributed by atoms with Crippen LogP contribution in [0.5, 0.6) is 0 Å². The molecule has 3 heteroatoms. The van der Waals surface area contributed by atoms with Crippen molar-refractivity contribution in [2.75, 3.05) is 13.1 Å². The number of fused-ring (bicyclic) bond motifs is 1. The standard InChI is InChI=1S/C20H28N2O/c23-19(18-14-16-6-2-3-7-17(16)15-21-18)22-12-10-20(11-13-22)8-4-1-5-9-20/h2-3,6-7,18,21H,1,4-5,8-15H2. The van der Waals surface area contributed by atoms with Crippen molar-refractivity contribution in [2.24, 2.45) is 5.41 Å². The molecule has 1 aromatic carbocycles. The first-order valence-electron chi connectivity index (χ1n) is 9.35. The molecule has 2 fully saturated rings. The molecule has 3 aliphatic rings. The predicted octanol–water partition coefficient (Wildman–Crippen LogP) is 3.27. The summed E-state index contributed by atoms with van der Waals surface area (Å²) in [4.78, 5) is 15.0. The Bertz CT molecular complexity index is 567. The lowest BCUT2D eigenvalue weighted by atomic mass is 9.68. The molecule has 1 N–H and O–H groups in total. The van der Waals surface area contributed by atoms with Crippen molar-refractivity contribution >= 4 is 5.91 Å². The number of likely N-dealkylation sites (tertiary alicyclic amines) is 1. The molecule has 1 aromatic rings. The minimum absolute atomic E-state index is 0.0229. The van der Waals surface area contributed by atoms with Gasteiger partial charge in [-0.3, -0.25) is 4.79 Å². The average Bonchev–Trinajstić information content (AvgIpc) is 2.62. The Kier molecular flexibility index (Phi) is 4.14. The fraction of sp³-hybridized carbons (Fsp3) is 0.650. The van der Waals surface area contributed by atoms with Gasteiger partial charge < -0.3 is 10.2 Å². The summed E-state index contributed by atoms with van der Waals surface area (Å²) in [6, 6.07) is 8.47. The minimum Gasteiger partial charge on any atom is -0.341 e. The molecule has 1 saturated carbocycles. The number of amides is 1. The van der Waals surface area contributed by atoms with E-state index in [9.17, 15) is 4.79 Å².